The van der Waals surface area contributed by atoms with Crippen molar-refractivity contribution in [2.45, 2.75) is 6.92 Å². The molecule has 0 amide bonds. The minimum Gasteiger partial charge on any atom is -0.496 e. The zero-order valence-electron chi connectivity index (χ0n) is 11.3. The molecule has 7 heteroatoms. The predicted octanol–water partition coefficient (Wildman–Crippen LogP) is 1.76. The average Bonchev–Trinajstić information content (AvgIpc) is 2.80. The molecule has 20 heavy (non-hydrogen) atoms. The Labute approximate surface area is 115 Å². The van der Waals surface area contributed by atoms with Crippen LogP contribution in [-0.4, -0.2) is 36.2 Å². The molecule has 0 aliphatic carbocycles. The summed E-state index contributed by atoms with van der Waals surface area (Å²) in [4.78, 5) is 23.6. The fraction of sp³-hybridized carbons (Fsp3) is 0.462. The average molecular weight is 280 g/mol. The van der Waals surface area contributed by atoms with Gasteiger partial charge in [-0.05, 0) is 18.1 Å². The molecule has 1 fully saturated rings. The normalized spacial score (nSPS) is 21.8. The van der Waals surface area contributed by atoms with Gasteiger partial charge in [-0.3, -0.25) is 14.9 Å². The van der Waals surface area contributed by atoms with Crippen LogP contribution >= 0.6 is 0 Å². The fourth-order valence-electron chi connectivity index (χ4n) is 2.53. The number of nitro groups is 1. The van der Waals surface area contributed by atoms with E-state index in [9.17, 15) is 14.9 Å². The molecule has 7 nitrogen and oxygen atoms in total. The molecule has 0 radical (unpaired) electrons. The van der Waals surface area contributed by atoms with Crippen LogP contribution in [0.5, 0.6) is 5.75 Å². The summed E-state index contributed by atoms with van der Waals surface area (Å²) in [5.74, 6) is -1.01. The Hall–Kier alpha value is -2.31. The summed E-state index contributed by atoms with van der Waals surface area (Å²) in [5.41, 5.74) is 0.369. The van der Waals surface area contributed by atoms with Gasteiger partial charge in [-0.15, -0.1) is 0 Å². The highest BCUT2D eigenvalue weighted by molar-refractivity contribution is 5.74. The fourth-order valence-corrected chi connectivity index (χ4v) is 2.53. The quantitative estimate of drug-likeness (QED) is 0.667. The number of anilines is 1. The number of nitro benzene ring substituents is 1. The summed E-state index contributed by atoms with van der Waals surface area (Å²) >= 11 is 0. The number of nitrogens with zero attached hydrogens (tertiary/aromatic N) is 2. The van der Waals surface area contributed by atoms with Crippen molar-refractivity contribution in [3.05, 3.63) is 28.3 Å². The van der Waals surface area contributed by atoms with Crippen LogP contribution in [0.4, 0.5) is 11.4 Å². The van der Waals surface area contributed by atoms with E-state index >= 15 is 0 Å². The molecule has 108 valence electrons. The molecule has 1 saturated heterocycles. The Morgan fingerprint density at radius 3 is 2.70 bits per heavy atom. The maximum atomic E-state index is 11.2. The molecule has 1 N–H and O–H groups in total. The maximum absolute atomic E-state index is 11.2. The minimum atomic E-state index is -0.865. The molecule has 2 unspecified atom stereocenters. The highest BCUT2D eigenvalue weighted by atomic mass is 16.6. The second-order valence-electron chi connectivity index (χ2n) is 4.94. The van der Waals surface area contributed by atoms with Gasteiger partial charge in [0.2, 0.25) is 0 Å². The van der Waals surface area contributed by atoms with Gasteiger partial charge < -0.3 is 14.7 Å². The standard InChI is InChI=1S/C13H16N2O5/c1-8-6-14(7-10(8)13(16)17)11-4-3-9(20-2)5-12(11)15(18)19/h3-5,8,10H,6-7H2,1-2H3,(H,16,17). The lowest BCUT2D eigenvalue weighted by molar-refractivity contribution is -0.384. The molecule has 0 saturated carbocycles. The van der Waals surface area contributed by atoms with Gasteiger partial charge in [0, 0.05) is 13.1 Å². The molecule has 1 aliphatic heterocycles. The lowest BCUT2D eigenvalue weighted by Crippen LogP contribution is -2.23. The number of methoxy groups -OCH3 is 1. The van der Waals surface area contributed by atoms with Crippen molar-refractivity contribution in [3.63, 3.8) is 0 Å². The molecular formula is C13H16N2O5. The molecule has 2 atom stereocenters. The van der Waals surface area contributed by atoms with Crippen LogP contribution in [0.25, 0.3) is 0 Å². The number of ether oxygens (including phenoxy) is 1. The molecule has 1 aromatic rings. The highest BCUT2D eigenvalue weighted by Gasteiger charge is 2.37. The molecular weight excluding hydrogens is 264 g/mol. The first-order chi connectivity index (χ1) is 9.43. The number of hydrogen-bond acceptors (Lipinski definition) is 5. The van der Waals surface area contributed by atoms with Gasteiger partial charge >= 0.3 is 5.97 Å². The van der Waals surface area contributed by atoms with E-state index in [1.54, 1.807) is 17.0 Å². The predicted molar refractivity (Wildman–Crippen MR) is 72.2 cm³/mol. The topological polar surface area (TPSA) is 92.9 Å². The van der Waals surface area contributed by atoms with E-state index in [2.05, 4.69) is 0 Å². The Balaban J connectivity index is 2.34. The van der Waals surface area contributed by atoms with Gasteiger partial charge in [-0.25, -0.2) is 0 Å². The smallest absolute Gasteiger partial charge is 0.308 e. The van der Waals surface area contributed by atoms with Crippen molar-refractivity contribution >= 4 is 17.3 Å². The van der Waals surface area contributed by atoms with Crippen LogP contribution in [0.3, 0.4) is 0 Å². The van der Waals surface area contributed by atoms with Crippen molar-refractivity contribution in [3.8, 4) is 5.75 Å². The number of rotatable bonds is 4. The Bertz CT molecular complexity index is 546. The second-order valence-corrected chi connectivity index (χ2v) is 4.94. The third-order valence-electron chi connectivity index (χ3n) is 3.65. The van der Waals surface area contributed by atoms with Crippen molar-refractivity contribution in [2.24, 2.45) is 11.8 Å². The lowest BCUT2D eigenvalue weighted by Gasteiger charge is -2.18. The first kappa shape index (κ1) is 14.1. The van der Waals surface area contributed by atoms with E-state index in [0.717, 1.165) is 0 Å². The summed E-state index contributed by atoms with van der Waals surface area (Å²) in [5, 5.41) is 20.3. The molecule has 2 rings (SSSR count). The highest BCUT2D eigenvalue weighted by Crippen LogP contribution is 2.36. The number of carboxylic acids is 1. The number of carbonyl (C=O) groups is 1. The number of benzene rings is 1. The zero-order valence-corrected chi connectivity index (χ0v) is 11.3. The largest absolute Gasteiger partial charge is 0.496 e. The van der Waals surface area contributed by atoms with E-state index < -0.39 is 16.8 Å². The van der Waals surface area contributed by atoms with E-state index in [0.29, 0.717) is 18.0 Å². The van der Waals surface area contributed by atoms with Gasteiger partial charge in [0.15, 0.2) is 0 Å². The number of carboxylic acid groups (broad SMARTS) is 1. The van der Waals surface area contributed by atoms with E-state index in [1.165, 1.54) is 13.2 Å². The van der Waals surface area contributed by atoms with Gasteiger partial charge in [0.25, 0.3) is 5.69 Å². The van der Waals surface area contributed by atoms with Crippen molar-refractivity contribution in [2.75, 3.05) is 25.1 Å². The molecule has 1 heterocycles. The molecule has 0 bridgehead atoms. The van der Waals surface area contributed by atoms with E-state index in [4.69, 9.17) is 9.84 Å². The zero-order chi connectivity index (χ0) is 14.9. The second kappa shape index (κ2) is 5.36. The number of hydrogen-bond donors (Lipinski definition) is 1. The van der Waals surface area contributed by atoms with Crippen LogP contribution in [0.1, 0.15) is 6.92 Å². The minimum absolute atomic E-state index is 0.0470. The van der Waals surface area contributed by atoms with Gasteiger partial charge in [0.05, 0.1) is 24.0 Å². The van der Waals surface area contributed by atoms with Crippen LogP contribution in [-0.2, 0) is 4.79 Å². The summed E-state index contributed by atoms with van der Waals surface area (Å²) in [7, 11) is 1.44. The van der Waals surface area contributed by atoms with Crippen LogP contribution < -0.4 is 9.64 Å². The molecule has 0 spiro atoms. The monoisotopic (exact) mass is 280 g/mol. The summed E-state index contributed by atoms with van der Waals surface area (Å²) in [6, 6.07) is 4.60. The first-order valence-electron chi connectivity index (χ1n) is 6.24. The van der Waals surface area contributed by atoms with Gasteiger partial charge in [-0.2, -0.15) is 0 Å². The van der Waals surface area contributed by atoms with Gasteiger partial charge in [-0.1, -0.05) is 6.92 Å². The van der Waals surface area contributed by atoms with Crippen molar-refractivity contribution in [1.82, 2.24) is 0 Å². The number of aliphatic carboxylic acids is 1. The Morgan fingerprint density at radius 2 is 2.20 bits per heavy atom. The third-order valence-corrected chi connectivity index (χ3v) is 3.65. The Kier molecular flexibility index (Phi) is 3.78. The van der Waals surface area contributed by atoms with Crippen LogP contribution in [0.15, 0.2) is 18.2 Å². The summed E-state index contributed by atoms with van der Waals surface area (Å²) in [6.45, 7) is 2.61. The van der Waals surface area contributed by atoms with Crippen LogP contribution in [0.2, 0.25) is 0 Å². The van der Waals surface area contributed by atoms with E-state index in [1.807, 2.05) is 6.92 Å². The van der Waals surface area contributed by atoms with Crippen molar-refractivity contribution < 1.29 is 19.6 Å². The maximum Gasteiger partial charge on any atom is 0.308 e. The Morgan fingerprint density at radius 1 is 1.50 bits per heavy atom. The molecule has 1 aliphatic rings. The molecule has 1 aromatic carbocycles. The molecule has 0 aromatic heterocycles. The first-order valence-corrected chi connectivity index (χ1v) is 6.24. The van der Waals surface area contributed by atoms with Crippen LogP contribution in [0, 0.1) is 22.0 Å². The summed E-state index contributed by atoms with van der Waals surface area (Å²) in [6.07, 6.45) is 0. The van der Waals surface area contributed by atoms with Gasteiger partial charge in [0.1, 0.15) is 11.4 Å². The summed E-state index contributed by atoms with van der Waals surface area (Å²) < 4.78 is 4.99. The van der Waals surface area contributed by atoms with E-state index in [-0.39, 0.29) is 18.2 Å². The lowest BCUT2D eigenvalue weighted by atomic mass is 9.99. The SMILES string of the molecule is COc1ccc(N2CC(C)C(C(=O)O)C2)c([N+](=O)[O-])c1. The van der Waals surface area contributed by atoms with Crippen molar-refractivity contribution in [1.29, 1.82) is 0 Å². The third kappa shape index (κ3) is 2.52.